The van der Waals surface area contributed by atoms with Gasteiger partial charge in [0.2, 0.25) is 0 Å². The molecule has 1 aromatic heterocycles. The fraction of sp³-hybridized carbons (Fsp3) is 0.286. The number of nitrogens with zero attached hydrogens (tertiary/aromatic N) is 5. The Hall–Kier alpha value is -2.35. The minimum Gasteiger partial charge on any atom is -0.346 e. The van der Waals surface area contributed by atoms with Gasteiger partial charge in [-0.05, 0) is 13.0 Å². The Balaban J connectivity index is 1.92. The molecule has 8 heteroatoms. The minimum atomic E-state index is -0.404. The monoisotopic (exact) mass is 317 g/mol. The van der Waals surface area contributed by atoms with Crippen LogP contribution in [0.3, 0.4) is 0 Å². The number of aryl methyl sites for hydroxylation is 1. The van der Waals surface area contributed by atoms with Crippen molar-refractivity contribution in [1.82, 2.24) is 9.47 Å². The van der Waals surface area contributed by atoms with Crippen molar-refractivity contribution in [2.75, 3.05) is 7.05 Å². The maximum absolute atomic E-state index is 10.8. The zero-order valence-corrected chi connectivity index (χ0v) is 13.2. The largest absolute Gasteiger partial charge is 0.346 e. The topological polar surface area (TPSA) is 76.0 Å². The van der Waals surface area contributed by atoms with Crippen molar-refractivity contribution in [2.24, 2.45) is 17.3 Å². The van der Waals surface area contributed by atoms with Crippen LogP contribution in [0.25, 0.3) is 10.9 Å². The molecule has 0 amide bonds. The summed E-state index contributed by atoms with van der Waals surface area (Å²) in [5.74, 6) is 0. The summed E-state index contributed by atoms with van der Waals surface area (Å²) in [6.45, 7) is 1.99. The summed E-state index contributed by atoms with van der Waals surface area (Å²) in [6, 6.07) is 7.98. The zero-order valence-electron chi connectivity index (χ0n) is 12.4. The van der Waals surface area contributed by atoms with Crippen molar-refractivity contribution in [1.29, 1.82) is 0 Å². The van der Waals surface area contributed by atoms with E-state index in [0.717, 1.165) is 34.0 Å². The van der Waals surface area contributed by atoms with Crippen molar-refractivity contribution >= 4 is 28.4 Å². The lowest BCUT2D eigenvalue weighted by Crippen LogP contribution is -2.16. The highest BCUT2D eigenvalue weighted by molar-refractivity contribution is 8.03. The Morgan fingerprint density at radius 1 is 1.32 bits per heavy atom. The van der Waals surface area contributed by atoms with Crippen LogP contribution in [-0.2, 0) is 7.05 Å². The lowest BCUT2D eigenvalue weighted by atomic mass is 10.2. The Bertz CT molecular complexity index is 811. The Labute approximate surface area is 131 Å². The predicted octanol–water partition coefficient (Wildman–Crippen LogP) is 3.61. The molecule has 0 saturated carbocycles. The van der Waals surface area contributed by atoms with Gasteiger partial charge in [-0.3, -0.25) is 10.1 Å². The second-order valence-electron chi connectivity index (χ2n) is 5.06. The smallest absolute Gasteiger partial charge is 0.322 e. The highest BCUT2D eigenvalue weighted by Gasteiger charge is 2.30. The molecule has 1 unspecified atom stereocenters. The third-order valence-electron chi connectivity index (χ3n) is 3.69. The molecule has 3 rings (SSSR count). The standard InChI is InChI=1S/C14H15N5O2S/c1-9-13(10-6-4-5-7-11(10)18(9)3)15-16-14-17(2)8-12(22-14)19(20)21/h4-8,14H,1-3H3. The first-order chi connectivity index (χ1) is 10.5. The molecule has 1 atom stereocenters. The van der Waals surface area contributed by atoms with Gasteiger partial charge in [0.25, 0.3) is 0 Å². The van der Waals surface area contributed by atoms with Crippen molar-refractivity contribution in [3.63, 3.8) is 0 Å². The lowest BCUT2D eigenvalue weighted by Gasteiger charge is -2.11. The van der Waals surface area contributed by atoms with Crippen LogP contribution >= 0.6 is 11.8 Å². The molecule has 0 fully saturated rings. The zero-order chi connectivity index (χ0) is 15.9. The molecular formula is C14H15N5O2S. The van der Waals surface area contributed by atoms with Gasteiger partial charge in [-0.1, -0.05) is 18.2 Å². The predicted molar refractivity (Wildman–Crippen MR) is 86.4 cm³/mol. The van der Waals surface area contributed by atoms with Crippen molar-refractivity contribution in [3.8, 4) is 0 Å². The second kappa shape index (κ2) is 5.45. The van der Waals surface area contributed by atoms with Crippen molar-refractivity contribution in [3.05, 3.63) is 51.3 Å². The summed E-state index contributed by atoms with van der Waals surface area (Å²) in [5.41, 5.74) is 2.50. The van der Waals surface area contributed by atoms with E-state index in [9.17, 15) is 10.1 Å². The van der Waals surface area contributed by atoms with Crippen LogP contribution < -0.4 is 0 Å². The van der Waals surface area contributed by atoms with Gasteiger partial charge in [-0.15, -0.1) is 0 Å². The van der Waals surface area contributed by atoms with E-state index in [1.54, 1.807) is 11.9 Å². The molecule has 0 N–H and O–H groups in total. The summed E-state index contributed by atoms with van der Waals surface area (Å²) >= 11 is 1.08. The van der Waals surface area contributed by atoms with Gasteiger partial charge in [0.1, 0.15) is 5.69 Å². The van der Waals surface area contributed by atoms with Gasteiger partial charge in [-0.25, -0.2) is 0 Å². The number of benzene rings is 1. The highest BCUT2D eigenvalue weighted by atomic mass is 32.2. The van der Waals surface area contributed by atoms with E-state index in [1.807, 2.05) is 38.2 Å². The van der Waals surface area contributed by atoms with Gasteiger partial charge in [-0.2, -0.15) is 10.2 Å². The molecule has 2 heterocycles. The SMILES string of the molecule is Cc1c(N=NC2SC([N+](=O)[O-])=CN2C)c2ccccc2n1C. The van der Waals surface area contributed by atoms with Gasteiger partial charge in [0.05, 0.1) is 16.6 Å². The maximum atomic E-state index is 10.8. The quantitative estimate of drug-likeness (QED) is 0.492. The number of hydrogen-bond acceptors (Lipinski definition) is 6. The molecule has 0 spiro atoms. The number of aromatic nitrogens is 1. The molecule has 0 radical (unpaired) electrons. The van der Waals surface area contributed by atoms with Crippen LogP contribution in [0.5, 0.6) is 0 Å². The van der Waals surface area contributed by atoms with E-state index in [0.29, 0.717) is 0 Å². The summed E-state index contributed by atoms with van der Waals surface area (Å²) in [4.78, 5) is 12.1. The first-order valence-electron chi connectivity index (χ1n) is 6.68. The van der Waals surface area contributed by atoms with Gasteiger partial charge in [0, 0.05) is 36.9 Å². The first-order valence-corrected chi connectivity index (χ1v) is 7.56. The molecule has 1 aliphatic heterocycles. The molecule has 0 aliphatic carbocycles. The molecule has 2 aromatic rings. The van der Waals surface area contributed by atoms with Crippen LogP contribution in [0, 0.1) is 17.0 Å². The normalized spacial score (nSPS) is 18.4. The third-order valence-corrected chi connectivity index (χ3v) is 4.83. The highest BCUT2D eigenvalue weighted by Crippen LogP contribution is 2.36. The van der Waals surface area contributed by atoms with Crippen LogP contribution in [-0.4, -0.2) is 26.9 Å². The molecule has 1 aromatic carbocycles. The Morgan fingerprint density at radius 3 is 2.73 bits per heavy atom. The molecule has 22 heavy (non-hydrogen) atoms. The van der Waals surface area contributed by atoms with E-state index in [4.69, 9.17) is 0 Å². The minimum absolute atomic E-state index is 0.0843. The third kappa shape index (κ3) is 2.35. The fourth-order valence-electron chi connectivity index (χ4n) is 2.39. The molecule has 1 aliphatic rings. The maximum Gasteiger partial charge on any atom is 0.322 e. The van der Waals surface area contributed by atoms with E-state index >= 15 is 0 Å². The number of thioether (sulfide) groups is 1. The average Bonchev–Trinajstić information content (AvgIpc) is 2.98. The van der Waals surface area contributed by atoms with Crippen LogP contribution in [0.2, 0.25) is 0 Å². The van der Waals surface area contributed by atoms with Gasteiger partial charge in [0.15, 0.2) is 5.50 Å². The number of azo groups is 1. The fourth-order valence-corrected chi connectivity index (χ4v) is 3.24. The van der Waals surface area contributed by atoms with Crippen LogP contribution in [0.4, 0.5) is 5.69 Å². The Morgan fingerprint density at radius 2 is 2.05 bits per heavy atom. The second-order valence-corrected chi connectivity index (χ2v) is 6.14. The number of hydrogen-bond donors (Lipinski definition) is 0. The number of para-hydroxylation sites is 1. The number of nitro groups is 1. The van der Waals surface area contributed by atoms with Crippen molar-refractivity contribution in [2.45, 2.75) is 12.4 Å². The molecule has 0 bridgehead atoms. The molecule has 7 nitrogen and oxygen atoms in total. The molecular weight excluding hydrogens is 302 g/mol. The van der Waals surface area contributed by atoms with E-state index in [2.05, 4.69) is 14.8 Å². The van der Waals surface area contributed by atoms with E-state index < -0.39 is 10.4 Å². The number of fused-ring (bicyclic) bond motifs is 1. The van der Waals surface area contributed by atoms with E-state index in [1.165, 1.54) is 6.20 Å². The number of rotatable bonds is 3. The summed E-state index contributed by atoms with van der Waals surface area (Å²) in [6.07, 6.45) is 1.48. The summed E-state index contributed by atoms with van der Waals surface area (Å²) in [5, 5.41) is 20.6. The Kier molecular flexibility index (Phi) is 3.61. The van der Waals surface area contributed by atoms with Gasteiger partial charge >= 0.3 is 5.03 Å². The first kappa shape index (κ1) is 14.6. The summed E-state index contributed by atoms with van der Waals surface area (Å²) in [7, 11) is 3.74. The molecule has 114 valence electrons. The van der Waals surface area contributed by atoms with Crippen LogP contribution in [0.15, 0.2) is 45.7 Å². The van der Waals surface area contributed by atoms with Crippen LogP contribution in [0.1, 0.15) is 5.69 Å². The van der Waals surface area contributed by atoms with Gasteiger partial charge < -0.3 is 9.47 Å². The van der Waals surface area contributed by atoms with Crippen molar-refractivity contribution < 1.29 is 4.92 Å². The lowest BCUT2D eigenvalue weighted by molar-refractivity contribution is -0.410. The summed E-state index contributed by atoms with van der Waals surface area (Å²) < 4.78 is 2.07. The molecule has 0 saturated heterocycles. The average molecular weight is 317 g/mol. The van der Waals surface area contributed by atoms with E-state index in [-0.39, 0.29) is 5.03 Å².